The molecule has 1 aliphatic carbocycles. The summed E-state index contributed by atoms with van der Waals surface area (Å²) in [5, 5.41) is 4.46. The Morgan fingerprint density at radius 1 is 1.20 bits per heavy atom. The molecule has 1 saturated carbocycles. The van der Waals surface area contributed by atoms with Gasteiger partial charge in [-0.2, -0.15) is 0 Å². The minimum absolute atomic E-state index is 0.744. The fourth-order valence-electron chi connectivity index (χ4n) is 2.81. The lowest BCUT2D eigenvalue weighted by Gasteiger charge is -2.26. The van der Waals surface area contributed by atoms with Crippen LogP contribution in [0.4, 0.5) is 5.69 Å². The highest BCUT2D eigenvalue weighted by atomic mass is 35.5. The van der Waals surface area contributed by atoms with Crippen LogP contribution in [0.25, 0.3) is 0 Å². The largest absolute Gasteiger partial charge is 0.370 e. The molecule has 110 valence electrons. The summed E-state index contributed by atoms with van der Waals surface area (Å²) in [6.07, 6.45) is 3.88. The maximum Gasteiger partial charge on any atom is 0.0427 e. The first kappa shape index (κ1) is 14.2. The van der Waals surface area contributed by atoms with Gasteiger partial charge in [-0.25, -0.2) is 0 Å². The van der Waals surface area contributed by atoms with E-state index in [1.54, 1.807) is 0 Å². The van der Waals surface area contributed by atoms with E-state index in [9.17, 15) is 0 Å². The summed E-state index contributed by atoms with van der Waals surface area (Å²) >= 11 is 6.22. The molecule has 1 N–H and O–H groups in total. The Bertz CT molecular complexity index is 459. The van der Waals surface area contributed by atoms with Gasteiger partial charge in [-0.1, -0.05) is 17.7 Å². The highest BCUT2D eigenvalue weighted by Gasteiger charge is 2.21. The van der Waals surface area contributed by atoms with Crippen molar-refractivity contribution in [2.45, 2.75) is 31.8 Å². The Morgan fingerprint density at radius 3 is 2.85 bits per heavy atom. The molecule has 4 heteroatoms. The minimum atomic E-state index is 0.744. The number of likely N-dealkylation sites (N-methyl/N-ethyl adjacent to an activating group) is 1. The van der Waals surface area contributed by atoms with Crippen LogP contribution < -0.4 is 10.2 Å². The average molecular weight is 294 g/mol. The molecule has 0 spiro atoms. The van der Waals surface area contributed by atoms with E-state index in [-0.39, 0.29) is 0 Å². The molecule has 0 atom stereocenters. The number of benzene rings is 1. The van der Waals surface area contributed by atoms with Gasteiger partial charge in [-0.05, 0) is 50.6 Å². The second kappa shape index (κ2) is 6.33. The van der Waals surface area contributed by atoms with Crippen LogP contribution in [0.15, 0.2) is 18.2 Å². The lowest BCUT2D eigenvalue weighted by Crippen LogP contribution is -2.30. The molecule has 2 aliphatic rings. The minimum Gasteiger partial charge on any atom is -0.370 e. The van der Waals surface area contributed by atoms with Gasteiger partial charge in [-0.15, -0.1) is 0 Å². The van der Waals surface area contributed by atoms with E-state index in [2.05, 4.69) is 34.3 Å². The van der Waals surface area contributed by atoms with Crippen molar-refractivity contribution in [3.05, 3.63) is 28.8 Å². The number of hydrogen-bond donors (Lipinski definition) is 1. The van der Waals surface area contributed by atoms with Gasteiger partial charge in [0.05, 0.1) is 0 Å². The van der Waals surface area contributed by atoms with Gasteiger partial charge in [-0.3, -0.25) is 0 Å². The van der Waals surface area contributed by atoms with Crippen LogP contribution >= 0.6 is 11.6 Å². The van der Waals surface area contributed by atoms with E-state index in [1.165, 1.54) is 37.1 Å². The smallest absolute Gasteiger partial charge is 0.0427 e. The van der Waals surface area contributed by atoms with Crippen molar-refractivity contribution in [2.75, 3.05) is 38.1 Å². The molecule has 0 amide bonds. The topological polar surface area (TPSA) is 18.5 Å². The second-order valence-corrected chi connectivity index (χ2v) is 6.51. The molecular weight excluding hydrogens is 270 g/mol. The van der Waals surface area contributed by atoms with Gasteiger partial charge >= 0.3 is 0 Å². The van der Waals surface area contributed by atoms with Crippen molar-refractivity contribution in [2.24, 2.45) is 0 Å². The lowest BCUT2D eigenvalue weighted by atomic mass is 10.1. The Labute approximate surface area is 126 Å². The molecule has 1 heterocycles. The molecule has 0 aromatic heterocycles. The number of halogens is 1. The Kier molecular flexibility index (Phi) is 4.49. The fourth-order valence-corrected chi connectivity index (χ4v) is 2.98. The zero-order valence-corrected chi connectivity index (χ0v) is 13.0. The maximum absolute atomic E-state index is 6.22. The fraction of sp³-hybridized carbons (Fsp3) is 0.625. The van der Waals surface area contributed by atoms with Crippen LogP contribution in [0.5, 0.6) is 0 Å². The molecule has 0 bridgehead atoms. The van der Waals surface area contributed by atoms with E-state index < -0.39 is 0 Å². The molecule has 3 rings (SSSR count). The number of hydrogen-bond acceptors (Lipinski definition) is 3. The highest BCUT2D eigenvalue weighted by molar-refractivity contribution is 6.30. The normalized spacial score (nSPS) is 21.0. The van der Waals surface area contributed by atoms with E-state index in [0.717, 1.165) is 37.2 Å². The molecule has 0 unspecified atom stereocenters. The third-order valence-corrected chi connectivity index (χ3v) is 4.50. The third-order valence-electron chi connectivity index (χ3n) is 4.27. The molecule has 0 radical (unpaired) electrons. The summed E-state index contributed by atoms with van der Waals surface area (Å²) in [6.45, 7) is 5.49. The molecular formula is C16H24ClN3. The van der Waals surface area contributed by atoms with Crippen LogP contribution in [0.3, 0.4) is 0 Å². The van der Waals surface area contributed by atoms with Crippen molar-refractivity contribution >= 4 is 17.3 Å². The highest BCUT2D eigenvalue weighted by Crippen LogP contribution is 2.27. The van der Waals surface area contributed by atoms with Gasteiger partial charge in [0.15, 0.2) is 0 Å². The Hall–Kier alpha value is -0.770. The van der Waals surface area contributed by atoms with E-state index >= 15 is 0 Å². The van der Waals surface area contributed by atoms with Gasteiger partial charge in [0.1, 0.15) is 0 Å². The molecule has 1 aromatic rings. The first-order chi connectivity index (χ1) is 9.72. The molecule has 1 aromatic carbocycles. The number of anilines is 1. The van der Waals surface area contributed by atoms with Gasteiger partial charge in [0.25, 0.3) is 0 Å². The second-order valence-electron chi connectivity index (χ2n) is 6.07. The predicted molar refractivity (Wildman–Crippen MR) is 85.6 cm³/mol. The van der Waals surface area contributed by atoms with Crippen LogP contribution in [0.1, 0.15) is 24.8 Å². The first-order valence-electron chi connectivity index (χ1n) is 7.68. The van der Waals surface area contributed by atoms with E-state index in [4.69, 9.17) is 11.6 Å². The summed E-state index contributed by atoms with van der Waals surface area (Å²) in [5.74, 6) is 0. The van der Waals surface area contributed by atoms with Crippen molar-refractivity contribution in [3.63, 3.8) is 0 Å². The van der Waals surface area contributed by atoms with Crippen LogP contribution in [-0.2, 0) is 6.54 Å². The quantitative estimate of drug-likeness (QED) is 0.921. The third kappa shape index (κ3) is 3.66. The van der Waals surface area contributed by atoms with Crippen LogP contribution in [0.2, 0.25) is 5.02 Å². The van der Waals surface area contributed by atoms with Gasteiger partial charge in [0.2, 0.25) is 0 Å². The summed E-state index contributed by atoms with van der Waals surface area (Å²) in [7, 11) is 2.21. The standard InChI is InChI=1S/C16H24ClN3/c1-19-7-2-8-20(10-9-19)16-11-14(17)4-3-13(16)12-18-15-5-6-15/h3-4,11,15,18H,2,5-10,12H2,1H3. The molecule has 20 heavy (non-hydrogen) atoms. The zero-order valence-electron chi connectivity index (χ0n) is 12.2. The van der Waals surface area contributed by atoms with Crippen LogP contribution in [0, 0.1) is 0 Å². The lowest BCUT2D eigenvalue weighted by molar-refractivity contribution is 0.360. The predicted octanol–water partition coefficient (Wildman–Crippen LogP) is 2.73. The molecule has 3 nitrogen and oxygen atoms in total. The monoisotopic (exact) mass is 293 g/mol. The van der Waals surface area contributed by atoms with Gasteiger partial charge in [0, 0.05) is 42.9 Å². The zero-order chi connectivity index (χ0) is 13.9. The van der Waals surface area contributed by atoms with Crippen LogP contribution in [-0.4, -0.2) is 44.2 Å². The summed E-state index contributed by atoms with van der Waals surface area (Å²) in [5.41, 5.74) is 2.70. The van der Waals surface area contributed by atoms with Crippen molar-refractivity contribution < 1.29 is 0 Å². The summed E-state index contributed by atoms with van der Waals surface area (Å²) < 4.78 is 0. The summed E-state index contributed by atoms with van der Waals surface area (Å²) in [6, 6.07) is 7.07. The van der Waals surface area contributed by atoms with E-state index in [1.807, 2.05) is 6.07 Å². The summed E-state index contributed by atoms with van der Waals surface area (Å²) in [4.78, 5) is 4.91. The van der Waals surface area contributed by atoms with Crippen molar-refractivity contribution in [3.8, 4) is 0 Å². The van der Waals surface area contributed by atoms with Crippen molar-refractivity contribution in [1.29, 1.82) is 0 Å². The van der Waals surface area contributed by atoms with Crippen molar-refractivity contribution in [1.82, 2.24) is 10.2 Å². The molecule has 1 aliphatic heterocycles. The average Bonchev–Trinajstić information content (AvgIpc) is 3.25. The maximum atomic E-state index is 6.22. The molecule has 1 saturated heterocycles. The Balaban J connectivity index is 1.76. The SMILES string of the molecule is CN1CCCN(c2cc(Cl)ccc2CNC2CC2)CC1. The molecule has 2 fully saturated rings. The number of nitrogens with one attached hydrogen (secondary N) is 1. The first-order valence-corrected chi connectivity index (χ1v) is 8.05. The van der Waals surface area contributed by atoms with Gasteiger partial charge < -0.3 is 15.1 Å². The number of nitrogens with zero attached hydrogens (tertiary/aromatic N) is 2. The number of rotatable bonds is 4. The van der Waals surface area contributed by atoms with E-state index in [0.29, 0.717) is 0 Å². The Morgan fingerprint density at radius 2 is 2.05 bits per heavy atom.